The summed E-state index contributed by atoms with van der Waals surface area (Å²) < 4.78 is 1.92. The standard InChI is InChI=1S/C15H18N6/c1-11-9-18-21(10-11)8-7-17-14-12-5-3-4-6-13(12)19-15(16-2)20-14/h3-6,9-10H,7-8H2,1-2H3,(H2,16,17,19,20). The van der Waals surface area contributed by atoms with Gasteiger partial charge in [-0.25, -0.2) is 4.98 Å². The predicted octanol–water partition coefficient (Wildman–Crippen LogP) is 2.29. The molecule has 3 aromatic rings. The summed E-state index contributed by atoms with van der Waals surface area (Å²) in [5, 5.41) is 11.7. The van der Waals surface area contributed by atoms with Crippen molar-refractivity contribution in [1.82, 2.24) is 19.7 Å². The molecule has 6 heteroatoms. The molecule has 0 aliphatic carbocycles. The van der Waals surface area contributed by atoms with Crippen LogP contribution in [-0.4, -0.2) is 33.3 Å². The number of nitrogens with zero attached hydrogens (tertiary/aromatic N) is 4. The van der Waals surface area contributed by atoms with Crippen molar-refractivity contribution in [1.29, 1.82) is 0 Å². The fraction of sp³-hybridized carbons (Fsp3) is 0.267. The lowest BCUT2D eigenvalue weighted by Gasteiger charge is -2.10. The first-order valence-electron chi connectivity index (χ1n) is 6.94. The maximum atomic E-state index is 4.49. The van der Waals surface area contributed by atoms with E-state index in [1.54, 1.807) is 0 Å². The highest BCUT2D eigenvalue weighted by Gasteiger charge is 2.06. The Morgan fingerprint density at radius 2 is 2.05 bits per heavy atom. The molecule has 0 radical (unpaired) electrons. The van der Waals surface area contributed by atoms with Crippen LogP contribution in [0.15, 0.2) is 36.7 Å². The fourth-order valence-electron chi connectivity index (χ4n) is 2.20. The zero-order valence-electron chi connectivity index (χ0n) is 12.2. The van der Waals surface area contributed by atoms with E-state index < -0.39 is 0 Å². The molecule has 2 N–H and O–H groups in total. The number of fused-ring (bicyclic) bond motifs is 1. The number of para-hydroxylation sites is 1. The number of nitrogens with one attached hydrogen (secondary N) is 2. The molecule has 0 fully saturated rings. The molecular formula is C15H18N6. The third-order valence-corrected chi connectivity index (χ3v) is 3.22. The maximum Gasteiger partial charge on any atom is 0.224 e. The summed E-state index contributed by atoms with van der Waals surface area (Å²) in [4.78, 5) is 8.94. The summed E-state index contributed by atoms with van der Waals surface area (Å²) in [6, 6.07) is 7.98. The average molecular weight is 282 g/mol. The molecule has 0 amide bonds. The molecule has 0 saturated heterocycles. The molecule has 21 heavy (non-hydrogen) atoms. The van der Waals surface area contributed by atoms with E-state index in [-0.39, 0.29) is 0 Å². The predicted molar refractivity (Wildman–Crippen MR) is 84.5 cm³/mol. The first kappa shape index (κ1) is 13.4. The molecule has 2 aromatic heterocycles. The second-order valence-electron chi connectivity index (χ2n) is 4.87. The number of anilines is 2. The first-order valence-corrected chi connectivity index (χ1v) is 6.94. The molecule has 0 aliphatic rings. The van der Waals surface area contributed by atoms with Gasteiger partial charge in [-0.05, 0) is 24.6 Å². The van der Waals surface area contributed by atoms with Gasteiger partial charge in [-0.3, -0.25) is 4.68 Å². The monoisotopic (exact) mass is 282 g/mol. The summed E-state index contributed by atoms with van der Waals surface area (Å²) in [6.07, 6.45) is 3.89. The van der Waals surface area contributed by atoms with E-state index in [9.17, 15) is 0 Å². The number of benzene rings is 1. The van der Waals surface area contributed by atoms with Crippen LogP contribution in [0.1, 0.15) is 5.56 Å². The number of rotatable bonds is 5. The molecule has 0 atom stereocenters. The molecule has 6 nitrogen and oxygen atoms in total. The van der Waals surface area contributed by atoms with Gasteiger partial charge in [-0.1, -0.05) is 12.1 Å². The summed E-state index contributed by atoms with van der Waals surface area (Å²) in [5.74, 6) is 1.46. The molecule has 0 bridgehead atoms. The quantitative estimate of drug-likeness (QED) is 0.751. The second kappa shape index (κ2) is 5.78. The van der Waals surface area contributed by atoms with Crippen molar-refractivity contribution in [2.45, 2.75) is 13.5 Å². The van der Waals surface area contributed by atoms with Crippen molar-refractivity contribution in [3.05, 3.63) is 42.2 Å². The van der Waals surface area contributed by atoms with Crippen LogP contribution in [-0.2, 0) is 6.54 Å². The molecule has 1 aromatic carbocycles. The highest BCUT2D eigenvalue weighted by atomic mass is 15.3. The largest absolute Gasteiger partial charge is 0.368 e. The van der Waals surface area contributed by atoms with Crippen molar-refractivity contribution in [3.63, 3.8) is 0 Å². The number of aromatic nitrogens is 4. The Morgan fingerprint density at radius 3 is 2.81 bits per heavy atom. The van der Waals surface area contributed by atoms with Crippen molar-refractivity contribution in [2.24, 2.45) is 0 Å². The number of aryl methyl sites for hydroxylation is 1. The van der Waals surface area contributed by atoms with Crippen LogP contribution in [0.4, 0.5) is 11.8 Å². The van der Waals surface area contributed by atoms with Gasteiger partial charge in [0.15, 0.2) is 0 Å². The first-order chi connectivity index (χ1) is 10.3. The average Bonchev–Trinajstić information content (AvgIpc) is 2.92. The van der Waals surface area contributed by atoms with Crippen LogP contribution in [0.2, 0.25) is 0 Å². The second-order valence-corrected chi connectivity index (χ2v) is 4.87. The summed E-state index contributed by atoms with van der Waals surface area (Å²) in [5.41, 5.74) is 2.09. The van der Waals surface area contributed by atoms with E-state index in [0.717, 1.165) is 29.8 Å². The topological polar surface area (TPSA) is 67.7 Å². The smallest absolute Gasteiger partial charge is 0.224 e. The molecule has 0 unspecified atom stereocenters. The Kier molecular flexibility index (Phi) is 3.68. The molecule has 0 saturated carbocycles. The van der Waals surface area contributed by atoms with Gasteiger partial charge >= 0.3 is 0 Å². The summed E-state index contributed by atoms with van der Waals surface area (Å²) in [6.45, 7) is 3.58. The zero-order chi connectivity index (χ0) is 14.7. The van der Waals surface area contributed by atoms with Gasteiger partial charge in [0.05, 0.1) is 18.3 Å². The lowest BCUT2D eigenvalue weighted by molar-refractivity contribution is 0.637. The van der Waals surface area contributed by atoms with E-state index in [4.69, 9.17) is 0 Å². The lowest BCUT2D eigenvalue weighted by atomic mass is 10.2. The van der Waals surface area contributed by atoms with Gasteiger partial charge in [0.1, 0.15) is 5.82 Å². The minimum Gasteiger partial charge on any atom is -0.368 e. The van der Waals surface area contributed by atoms with Crippen LogP contribution in [0.3, 0.4) is 0 Å². The molecule has 108 valence electrons. The van der Waals surface area contributed by atoms with E-state index in [0.29, 0.717) is 5.95 Å². The highest BCUT2D eigenvalue weighted by Crippen LogP contribution is 2.21. The fourth-order valence-corrected chi connectivity index (χ4v) is 2.20. The van der Waals surface area contributed by atoms with Crippen LogP contribution in [0.5, 0.6) is 0 Å². The Balaban J connectivity index is 1.79. The van der Waals surface area contributed by atoms with E-state index in [2.05, 4.69) is 25.7 Å². The van der Waals surface area contributed by atoms with Gasteiger partial charge in [0.2, 0.25) is 5.95 Å². The highest BCUT2D eigenvalue weighted by molar-refractivity contribution is 5.89. The Bertz CT molecular complexity index is 749. The molecular weight excluding hydrogens is 264 g/mol. The van der Waals surface area contributed by atoms with Gasteiger partial charge in [-0.2, -0.15) is 10.1 Å². The minimum atomic E-state index is 0.617. The van der Waals surface area contributed by atoms with Gasteiger partial charge in [0.25, 0.3) is 0 Å². The van der Waals surface area contributed by atoms with Gasteiger partial charge < -0.3 is 10.6 Å². The molecule has 3 rings (SSSR count). The third kappa shape index (κ3) is 2.94. The van der Waals surface area contributed by atoms with E-state index in [1.807, 2.05) is 55.3 Å². The normalized spacial score (nSPS) is 10.8. The Labute approximate surface area is 123 Å². The summed E-state index contributed by atoms with van der Waals surface area (Å²) >= 11 is 0. The van der Waals surface area contributed by atoms with Gasteiger partial charge in [0, 0.05) is 25.2 Å². The van der Waals surface area contributed by atoms with Crippen molar-refractivity contribution in [2.75, 3.05) is 24.2 Å². The SMILES string of the molecule is CNc1nc(NCCn2cc(C)cn2)c2ccccc2n1. The number of hydrogen-bond donors (Lipinski definition) is 2. The Hall–Kier alpha value is -2.63. The van der Waals surface area contributed by atoms with Crippen molar-refractivity contribution < 1.29 is 0 Å². The lowest BCUT2D eigenvalue weighted by Crippen LogP contribution is -2.12. The van der Waals surface area contributed by atoms with Crippen molar-refractivity contribution in [3.8, 4) is 0 Å². The molecule has 0 aliphatic heterocycles. The van der Waals surface area contributed by atoms with Crippen molar-refractivity contribution >= 4 is 22.7 Å². The zero-order valence-corrected chi connectivity index (χ0v) is 12.2. The van der Waals surface area contributed by atoms with Crippen LogP contribution in [0.25, 0.3) is 10.9 Å². The minimum absolute atomic E-state index is 0.617. The molecule has 0 spiro atoms. The van der Waals surface area contributed by atoms with Crippen LogP contribution < -0.4 is 10.6 Å². The summed E-state index contributed by atoms with van der Waals surface area (Å²) in [7, 11) is 1.82. The van der Waals surface area contributed by atoms with E-state index in [1.165, 1.54) is 5.56 Å². The Morgan fingerprint density at radius 1 is 1.19 bits per heavy atom. The van der Waals surface area contributed by atoms with Crippen LogP contribution >= 0.6 is 0 Å². The number of hydrogen-bond acceptors (Lipinski definition) is 5. The third-order valence-electron chi connectivity index (χ3n) is 3.22. The van der Waals surface area contributed by atoms with Gasteiger partial charge in [-0.15, -0.1) is 0 Å². The van der Waals surface area contributed by atoms with E-state index >= 15 is 0 Å². The van der Waals surface area contributed by atoms with Crippen LogP contribution in [0, 0.1) is 6.92 Å². The molecule has 2 heterocycles. The maximum absolute atomic E-state index is 4.49.